The molecule has 0 unspecified atom stereocenters. The van der Waals surface area contributed by atoms with Gasteiger partial charge in [0.2, 0.25) is 0 Å². The quantitative estimate of drug-likeness (QED) is 0.510. The average Bonchev–Trinajstić information content (AvgIpc) is 2.50. The minimum Gasteiger partial charge on any atom is -0.459 e. The number of carbonyl (C=O) groups excluding carboxylic acids is 1. The molecule has 0 heterocycles. The molecule has 0 N–H and O–H groups in total. The van der Waals surface area contributed by atoms with Gasteiger partial charge in [-0.2, -0.15) is 0 Å². The van der Waals surface area contributed by atoms with Gasteiger partial charge in [0.05, 0.1) is 0 Å². The highest BCUT2D eigenvalue weighted by Crippen LogP contribution is 2.35. The Morgan fingerprint density at radius 2 is 1.60 bits per heavy atom. The monoisotopic (exact) mass is 304 g/mol. The molecule has 0 aromatic heterocycles. The van der Waals surface area contributed by atoms with Crippen molar-refractivity contribution in [1.82, 2.24) is 0 Å². The molecule has 0 radical (unpaired) electrons. The zero-order valence-electron chi connectivity index (χ0n) is 13.2. The second-order valence-electron chi connectivity index (χ2n) is 5.37. The van der Waals surface area contributed by atoms with Crippen molar-refractivity contribution in [3.63, 3.8) is 0 Å². The summed E-state index contributed by atoms with van der Waals surface area (Å²) in [4.78, 5) is 12.1. The normalized spacial score (nSPS) is 18.8. The standard InChI is InChI=1S/C14H28O5Si/c1-5-14(10-7-6-8-11-14)19-13(15)9-12-20(16-2,17-3)18-4/h5-12H2,1-4H3. The van der Waals surface area contributed by atoms with E-state index in [4.69, 9.17) is 18.0 Å². The highest BCUT2D eigenvalue weighted by molar-refractivity contribution is 6.60. The highest BCUT2D eigenvalue weighted by Gasteiger charge is 2.40. The first-order valence-corrected chi connectivity index (χ1v) is 9.36. The van der Waals surface area contributed by atoms with Crippen LogP contribution in [0.2, 0.25) is 6.04 Å². The summed E-state index contributed by atoms with van der Waals surface area (Å²) in [5.41, 5.74) is -0.243. The van der Waals surface area contributed by atoms with Crippen LogP contribution in [0.5, 0.6) is 0 Å². The molecule has 1 aliphatic rings. The fraction of sp³-hybridized carbons (Fsp3) is 0.929. The third-order valence-corrected chi connectivity index (χ3v) is 7.04. The predicted molar refractivity (Wildman–Crippen MR) is 78.4 cm³/mol. The maximum absolute atomic E-state index is 12.1. The van der Waals surface area contributed by atoms with Crippen LogP contribution in [-0.2, 0) is 22.8 Å². The van der Waals surface area contributed by atoms with Crippen molar-refractivity contribution in [3.8, 4) is 0 Å². The van der Waals surface area contributed by atoms with Gasteiger partial charge in [0.15, 0.2) is 0 Å². The van der Waals surface area contributed by atoms with E-state index < -0.39 is 8.80 Å². The Hall–Kier alpha value is -0.433. The Kier molecular flexibility index (Phi) is 7.15. The first-order valence-electron chi connectivity index (χ1n) is 7.42. The van der Waals surface area contributed by atoms with E-state index in [0.717, 1.165) is 32.1 Å². The Labute approximate surface area is 123 Å². The van der Waals surface area contributed by atoms with Crippen molar-refractivity contribution in [3.05, 3.63) is 0 Å². The van der Waals surface area contributed by atoms with E-state index in [9.17, 15) is 4.79 Å². The van der Waals surface area contributed by atoms with E-state index in [-0.39, 0.29) is 18.0 Å². The molecule has 0 aliphatic heterocycles. The van der Waals surface area contributed by atoms with E-state index in [1.54, 1.807) is 21.3 Å². The molecule has 0 saturated heterocycles. The summed E-state index contributed by atoms with van der Waals surface area (Å²) in [6, 6.07) is 0.453. The summed E-state index contributed by atoms with van der Waals surface area (Å²) in [6.07, 6.45) is 6.67. The molecular weight excluding hydrogens is 276 g/mol. The Bertz CT molecular complexity index is 290. The molecule has 1 aliphatic carbocycles. The Morgan fingerprint density at radius 1 is 1.05 bits per heavy atom. The van der Waals surface area contributed by atoms with Crippen LogP contribution in [0.25, 0.3) is 0 Å². The zero-order valence-corrected chi connectivity index (χ0v) is 14.2. The van der Waals surface area contributed by atoms with Crippen molar-refractivity contribution in [2.24, 2.45) is 0 Å². The summed E-state index contributed by atoms with van der Waals surface area (Å²) >= 11 is 0. The average molecular weight is 304 g/mol. The molecular formula is C14H28O5Si. The lowest BCUT2D eigenvalue weighted by atomic mass is 9.83. The van der Waals surface area contributed by atoms with Crippen molar-refractivity contribution in [2.45, 2.75) is 63.5 Å². The highest BCUT2D eigenvalue weighted by atomic mass is 28.4. The number of hydrogen-bond acceptors (Lipinski definition) is 5. The van der Waals surface area contributed by atoms with E-state index in [1.165, 1.54) is 6.42 Å². The maximum Gasteiger partial charge on any atom is 0.500 e. The van der Waals surface area contributed by atoms with Crippen LogP contribution in [0.1, 0.15) is 51.9 Å². The summed E-state index contributed by atoms with van der Waals surface area (Å²) < 4.78 is 21.7. The number of esters is 1. The number of rotatable bonds is 8. The van der Waals surface area contributed by atoms with Crippen LogP contribution in [0, 0.1) is 0 Å². The van der Waals surface area contributed by atoms with E-state index in [2.05, 4.69) is 6.92 Å². The minimum absolute atomic E-state index is 0.170. The fourth-order valence-corrected chi connectivity index (χ4v) is 4.45. The SMILES string of the molecule is CCC1(OC(=O)CC[Si](OC)(OC)OC)CCCCC1. The van der Waals surface area contributed by atoms with Crippen LogP contribution in [0.15, 0.2) is 0 Å². The van der Waals surface area contributed by atoms with Gasteiger partial charge in [0.1, 0.15) is 5.60 Å². The van der Waals surface area contributed by atoms with Gasteiger partial charge < -0.3 is 18.0 Å². The molecule has 118 valence electrons. The first kappa shape index (κ1) is 17.6. The molecule has 1 saturated carbocycles. The van der Waals surface area contributed by atoms with Crippen LogP contribution >= 0.6 is 0 Å². The number of hydrogen-bond donors (Lipinski definition) is 0. The van der Waals surface area contributed by atoms with E-state index in [0.29, 0.717) is 6.04 Å². The molecule has 0 spiro atoms. The van der Waals surface area contributed by atoms with Gasteiger partial charge in [0.25, 0.3) is 0 Å². The summed E-state index contributed by atoms with van der Waals surface area (Å²) in [7, 11) is 1.98. The lowest BCUT2D eigenvalue weighted by Gasteiger charge is -2.36. The third-order valence-electron chi connectivity index (χ3n) is 4.31. The number of carbonyl (C=O) groups is 1. The lowest BCUT2D eigenvalue weighted by molar-refractivity contribution is -0.163. The molecule has 5 nitrogen and oxygen atoms in total. The second-order valence-corrected chi connectivity index (χ2v) is 8.46. The predicted octanol–water partition coefficient (Wildman–Crippen LogP) is 2.91. The largest absolute Gasteiger partial charge is 0.500 e. The minimum atomic E-state index is -2.68. The molecule has 0 aromatic carbocycles. The Morgan fingerprint density at radius 3 is 2.05 bits per heavy atom. The topological polar surface area (TPSA) is 54.0 Å². The molecule has 1 rings (SSSR count). The summed E-state index contributed by atoms with van der Waals surface area (Å²) in [5.74, 6) is -0.170. The van der Waals surface area contributed by atoms with E-state index >= 15 is 0 Å². The summed E-state index contributed by atoms with van der Waals surface area (Å²) in [6.45, 7) is 2.09. The van der Waals surface area contributed by atoms with Gasteiger partial charge in [-0.25, -0.2) is 0 Å². The smallest absolute Gasteiger partial charge is 0.459 e. The van der Waals surface area contributed by atoms with Crippen LogP contribution in [0.3, 0.4) is 0 Å². The Balaban J connectivity index is 2.50. The first-order chi connectivity index (χ1) is 9.55. The van der Waals surface area contributed by atoms with Crippen LogP contribution in [0.4, 0.5) is 0 Å². The molecule has 20 heavy (non-hydrogen) atoms. The van der Waals surface area contributed by atoms with Crippen molar-refractivity contribution in [1.29, 1.82) is 0 Å². The molecule has 0 aromatic rings. The van der Waals surface area contributed by atoms with Crippen molar-refractivity contribution >= 4 is 14.8 Å². The lowest BCUT2D eigenvalue weighted by Crippen LogP contribution is -2.43. The molecule has 0 atom stereocenters. The van der Waals surface area contributed by atoms with Gasteiger partial charge >= 0.3 is 14.8 Å². The zero-order chi connectivity index (χ0) is 15.1. The van der Waals surface area contributed by atoms with Crippen LogP contribution in [-0.4, -0.2) is 41.7 Å². The third kappa shape index (κ3) is 4.55. The second kappa shape index (κ2) is 8.12. The fourth-order valence-electron chi connectivity index (χ4n) is 2.83. The maximum atomic E-state index is 12.1. The van der Waals surface area contributed by atoms with Gasteiger partial charge in [0, 0.05) is 33.8 Å². The van der Waals surface area contributed by atoms with Gasteiger partial charge in [-0.05, 0) is 32.1 Å². The van der Waals surface area contributed by atoms with Gasteiger partial charge in [-0.1, -0.05) is 13.3 Å². The molecule has 6 heteroatoms. The van der Waals surface area contributed by atoms with E-state index in [1.807, 2.05) is 0 Å². The van der Waals surface area contributed by atoms with Crippen molar-refractivity contribution < 1.29 is 22.8 Å². The summed E-state index contributed by atoms with van der Waals surface area (Å²) in [5, 5.41) is 0. The molecule has 1 fully saturated rings. The molecule has 0 bridgehead atoms. The van der Waals surface area contributed by atoms with Gasteiger partial charge in [-0.15, -0.1) is 0 Å². The van der Waals surface area contributed by atoms with Crippen molar-refractivity contribution in [2.75, 3.05) is 21.3 Å². The number of ether oxygens (including phenoxy) is 1. The van der Waals surface area contributed by atoms with Crippen LogP contribution < -0.4 is 0 Å². The molecule has 0 amide bonds. The van der Waals surface area contributed by atoms with Gasteiger partial charge in [-0.3, -0.25) is 4.79 Å².